The zero-order chi connectivity index (χ0) is 13.1. The monoisotopic (exact) mass is 250 g/mol. The zero-order valence-corrected chi connectivity index (χ0v) is 11.1. The topological polar surface area (TPSA) is 55.7 Å². The van der Waals surface area contributed by atoms with E-state index in [9.17, 15) is 10.2 Å². The van der Waals surface area contributed by atoms with Crippen LogP contribution < -0.4 is 5.32 Å². The van der Waals surface area contributed by atoms with Crippen molar-refractivity contribution >= 4 is 0 Å². The number of nitrogens with one attached hydrogen (secondary N) is 1. The molecule has 2 rings (SSSR count). The minimum atomic E-state index is 0.0445. The van der Waals surface area contributed by atoms with Gasteiger partial charge in [-0.3, -0.25) is 0 Å². The summed E-state index contributed by atoms with van der Waals surface area (Å²) >= 11 is 0. The van der Waals surface area contributed by atoms with Crippen molar-refractivity contribution in [2.45, 2.75) is 19.4 Å². The van der Waals surface area contributed by atoms with Gasteiger partial charge in [-0.05, 0) is 57.6 Å². The SMILES string of the molecule is CC(NCC1CCN(C)C1)c1cc(O)ccc1O. The van der Waals surface area contributed by atoms with Crippen molar-refractivity contribution < 1.29 is 10.2 Å². The second-order valence-corrected chi connectivity index (χ2v) is 5.29. The molecule has 3 N–H and O–H groups in total. The molecular formula is C14H22N2O2. The molecule has 1 aromatic rings. The second kappa shape index (κ2) is 5.59. The highest BCUT2D eigenvalue weighted by atomic mass is 16.3. The van der Waals surface area contributed by atoms with Crippen LogP contribution in [0.5, 0.6) is 11.5 Å². The van der Waals surface area contributed by atoms with Gasteiger partial charge in [0.25, 0.3) is 0 Å². The van der Waals surface area contributed by atoms with Crippen LogP contribution in [0, 0.1) is 5.92 Å². The van der Waals surface area contributed by atoms with Gasteiger partial charge in [0.2, 0.25) is 0 Å². The van der Waals surface area contributed by atoms with E-state index >= 15 is 0 Å². The van der Waals surface area contributed by atoms with E-state index in [0.29, 0.717) is 5.92 Å². The molecule has 0 bridgehead atoms. The van der Waals surface area contributed by atoms with E-state index in [-0.39, 0.29) is 17.5 Å². The molecule has 100 valence electrons. The predicted octanol–water partition coefficient (Wildman–Crippen LogP) is 1.70. The normalized spacial score (nSPS) is 22.2. The molecule has 1 aliphatic heterocycles. The first-order valence-electron chi connectivity index (χ1n) is 6.50. The summed E-state index contributed by atoms with van der Waals surface area (Å²) in [6.07, 6.45) is 1.22. The summed E-state index contributed by atoms with van der Waals surface area (Å²) in [4.78, 5) is 2.34. The van der Waals surface area contributed by atoms with Gasteiger partial charge in [0.15, 0.2) is 0 Å². The van der Waals surface area contributed by atoms with Crippen molar-refractivity contribution in [3.63, 3.8) is 0 Å². The van der Waals surface area contributed by atoms with Gasteiger partial charge in [-0.15, -0.1) is 0 Å². The summed E-state index contributed by atoms with van der Waals surface area (Å²) in [5.41, 5.74) is 0.751. The van der Waals surface area contributed by atoms with Crippen LogP contribution in [0.1, 0.15) is 24.9 Å². The molecule has 0 aromatic heterocycles. The molecule has 0 aliphatic carbocycles. The zero-order valence-electron chi connectivity index (χ0n) is 11.1. The van der Waals surface area contributed by atoms with Gasteiger partial charge in [0.1, 0.15) is 11.5 Å². The van der Waals surface area contributed by atoms with Gasteiger partial charge in [0.05, 0.1) is 0 Å². The van der Waals surface area contributed by atoms with E-state index in [1.54, 1.807) is 6.07 Å². The lowest BCUT2D eigenvalue weighted by Gasteiger charge is -2.18. The minimum Gasteiger partial charge on any atom is -0.508 e. The highest BCUT2D eigenvalue weighted by molar-refractivity contribution is 5.40. The van der Waals surface area contributed by atoms with Crippen LogP contribution in [-0.2, 0) is 0 Å². The Morgan fingerprint density at radius 2 is 2.22 bits per heavy atom. The van der Waals surface area contributed by atoms with Crippen LogP contribution in [0.3, 0.4) is 0 Å². The van der Waals surface area contributed by atoms with Crippen molar-refractivity contribution in [3.05, 3.63) is 23.8 Å². The Bertz CT molecular complexity index is 409. The van der Waals surface area contributed by atoms with Crippen LogP contribution in [-0.4, -0.2) is 41.8 Å². The molecule has 0 spiro atoms. The Labute approximate surface area is 108 Å². The largest absolute Gasteiger partial charge is 0.508 e. The van der Waals surface area contributed by atoms with Crippen molar-refractivity contribution in [1.29, 1.82) is 0 Å². The van der Waals surface area contributed by atoms with Crippen molar-refractivity contribution in [1.82, 2.24) is 10.2 Å². The van der Waals surface area contributed by atoms with Gasteiger partial charge < -0.3 is 20.4 Å². The predicted molar refractivity (Wildman–Crippen MR) is 71.8 cm³/mol. The quantitative estimate of drug-likeness (QED) is 0.712. The first kappa shape index (κ1) is 13.2. The van der Waals surface area contributed by atoms with Crippen molar-refractivity contribution in [2.24, 2.45) is 5.92 Å². The summed E-state index contributed by atoms with van der Waals surface area (Å²) in [6.45, 7) is 5.25. The molecule has 2 unspecified atom stereocenters. The Hall–Kier alpha value is -1.26. The molecule has 1 saturated heterocycles. The van der Waals surface area contributed by atoms with E-state index in [2.05, 4.69) is 17.3 Å². The third-order valence-corrected chi connectivity index (χ3v) is 3.68. The van der Waals surface area contributed by atoms with Crippen LogP contribution >= 0.6 is 0 Å². The van der Waals surface area contributed by atoms with Gasteiger partial charge in [0, 0.05) is 18.2 Å². The van der Waals surface area contributed by atoms with Crippen LogP contribution in [0.15, 0.2) is 18.2 Å². The molecule has 0 radical (unpaired) electrons. The summed E-state index contributed by atoms with van der Waals surface area (Å²) in [6, 6.07) is 4.69. The number of hydrogen-bond donors (Lipinski definition) is 3. The van der Waals surface area contributed by atoms with E-state index in [0.717, 1.165) is 25.2 Å². The van der Waals surface area contributed by atoms with Gasteiger partial charge >= 0.3 is 0 Å². The number of rotatable bonds is 4. The van der Waals surface area contributed by atoms with Gasteiger partial charge in [-0.25, -0.2) is 0 Å². The Morgan fingerprint density at radius 3 is 2.89 bits per heavy atom. The van der Waals surface area contributed by atoms with E-state index in [4.69, 9.17) is 0 Å². The first-order valence-corrected chi connectivity index (χ1v) is 6.50. The fraction of sp³-hybridized carbons (Fsp3) is 0.571. The molecule has 4 heteroatoms. The Balaban J connectivity index is 1.91. The number of likely N-dealkylation sites (tertiary alicyclic amines) is 1. The average Bonchev–Trinajstić information content (AvgIpc) is 2.75. The average molecular weight is 250 g/mol. The van der Waals surface area contributed by atoms with Crippen molar-refractivity contribution in [2.75, 3.05) is 26.7 Å². The molecule has 4 nitrogen and oxygen atoms in total. The highest BCUT2D eigenvalue weighted by Crippen LogP contribution is 2.28. The van der Waals surface area contributed by atoms with E-state index < -0.39 is 0 Å². The molecule has 1 heterocycles. The summed E-state index contributed by atoms with van der Waals surface area (Å²) < 4.78 is 0. The number of phenols is 2. The second-order valence-electron chi connectivity index (χ2n) is 5.29. The van der Waals surface area contributed by atoms with Crippen LogP contribution in [0.4, 0.5) is 0 Å². The maximum absolute atomic E-state index is 9.78. The molecule has 18 heavy (non-hydrogen) atoms. The van der Waals surface area contributed by atoms with Crippen LogP contribution in [0.25, 0.3) is 0 Å². The molecule has 1 aromatic carbocycles. The number of hydrogen-bond acceptors (Lipinski definition) is 4. The van der Waals surface area contributed by atoms with E-state index in [1.807, 2.05) is 6.92 Å². The standard InChI is InChI=1S/C14H22N2O2/c1-10(13-7-12(17)3-4-14(13)18)15-8-11-5-6-16(2)9-11/h3-4,7,10-11,15,17-18H,5-6,8-9H2,1-2H3. The fourth-order valence-corrected chi connectivity index (χ4v) is 2.54. The lowest BCUT2D eigenvalue weighted by Crippen LogP contribution is -2.27. The molecule has 0 amide bonds. The van der Waals surface area contributed by atoms with Crippen molar-refractivity contribution in [3.8, 4) is 11.5 Å². The third kappa shape index (κ3) is 3.15. The summed E-state index contributed by atoms with van der Waals surface area (Å²) in [5.74, 6) is 1.10. The number of nitrogens with zero attached hydrogens (tertiary/aromatic N) is 1. The Kier molecular flexibility index (Phi) is 4.09. The fourth-order valence-electron chi connectivity index (χ4n) is 2.54. The maximum Gasteiger partial charge on any atom is 0.120 e. The number of benzene rings is 1. The molecule has 1 fully saturated rings. The Morgan fingerprint density at radius 1 is 1.44 bits per heavy atom. The highest BCUT2D eigenvalue weighted by Gasteiger charge is 2.20. The molecule has 2 atom stereocenters. The summed E-state index contributed by atoms with van der Waals surface area (Å²) in [7, 11) is 2.14. The smallest absolute Gasteiger partial charge is 0.120 e. The summed E-state index contributed by atoms with van der Waals surface area (Å²) in [5, 5.41) is 22.7. The first-order chi connectivity index (χ1) is 8.56. The minimum absolute atomic E-state index is 0.0445. The number of aromatic hydroxyl groups is 2. The lowest BCUT2D eigenvalue weighted by atomic mass is 10.0. The van der Waals surface area contributed by atoms with E-state index in [1.165, 1.54) is 18.6 Å². The van der Waals surface area contributed by atoms with Crippen LogP contribution in [0.2, 0.25) is 0 Å². The maximum atomic E-state index is 9.78. The molecular weight excluding hydrogens is 228 g/mol. The third-order valence-electron chi connectivity index (χ3n) is 3.68. The van der Waals surface area contributed by atoms with Gasteiger partial charge in [-0.1, -0.05) is 0 Å². The number of phenolic OH excluding ortho intramolecular Hbond substituents is 2. The molecule has 0 saturated carbocycles. The molecule has 1 aliphatic rings. The lowest BCUT2D eigenvalue weighted by molar-refractivity contribution is 0.379. The van der Waals surface area contributed by atoms with Gasteiger partial charge in [-0.2, -0.15) is 0 Å².